The molecule has 3 heterocycles. The molecule has 1 aliphatic carbocycles. The van der Waals surface area contributed by atoms with Crippen molar-refractivity contribution >= 4 is 35.8 Å². The zero-order valence-corrected chi connectivity index (χ0v) is 21.0. The number of aliphatic hydroxyl groups excluding tert-OH is 1. The molecule has 2 aliphatic rings. The summed E-state index contributed by atoms with van der Waals surface area (Å²) in [6, 6.07) is 11.2. The minimum atomic E-state index is -0.228. The first-order chi connectivity index (χ1) is 18.0. The van der Waals surface area contributed by atoms with Crippen molar-refractivity contribution in [1.82, 2.24) is 24.8 Å². The molecule has 0 amide bonds. The molecule has 0 saturated carbocycles. The molecule has 1 fully saturated rings. The van der Waals surface area contributed by atoms with E-state index >= 15 is 0 Å². The molecule has 1 saturated heterocycles. The Kier molecular flexibility index (Phi) is 7.40. The van der Waals surface area contributed by atoms with E-state index in [2.05, 4.69) is 37.4 Å². The van der Waals surface area contributed by atoms with Crippen molar-refractivity contribution in [1.29, 1.82) is 5.41 Å². The normalized spacial score (nSPS) is 17.5. The predicted molar refractivity (Wildman–Crippen MR) is 146 cm³/mol. The molecule has 0 bridgehead atoms. The molecule has 0 atom stereocenters. The van der Waals surface area contributed by atoms with Crippen molar-refractivity contribution in [2.75, 3.05) is 44.2 Å². The molecule has 11 nitrogen and oxygen atoms in total. The summed E-state index contributed by atoms with van der Waals surface area (Å²) in [5.41, 5.74) is 3.50. The number of allylic oxidation sites excluding steroid dienone is 4. The van der Waals surface area contributed by atoms with Gasteiger partial charge in [0.05, 0.1) is 37.4 Å². The summed E-state index contributed by atoms with van der Waals surface area (Å²) in [5.74, 6) is 0.476. The standard InChI is InChI=1S/C25H26N8O3S/c26-20-15-18(4-5-22(20)30-37)21-6-7-23(35)33(28-21)16-17-2-1-3-19(14-17)24-27-25(36-29-24)32-10-8-31(9-11-32)12-13-34/h1-7,14-15,26,34,37H,8-13,16H2/p+1/b26-20?,30-22-. The van der Waals surface area contributed by atoms with Crippen LogP contribution in [0.1, 0.15) is 11.3 Å². The van der Waals surface area contributed by atoms with Crippen LogP contribution < -0.4 is 10.5 Å². The molecule has 190 valence electrons. The molecule has 12 heteroatoms. The van der Waals surface area contributed by atoms with Crippen molar-refractivity contribution in [2.45, 2.75) is 6.54 Å². The van der Waals surface area contributed by atoms with E-state index in [1.54, 1.807) is 18.2 Å². The lowest BCUT2D eigenvalue weighted by Gasteiger charge is -2.32. The third-order valence-corrected chi connectivity index (χ3v) is 6.51. The summed E-state index contributed by atoms with van der Waals surface area (Å²) in [6.07, 6.45) is 5.20. The van der Waals surface area contributed by atoms with Crippen LogP contribution >= 0.6 is 0 Å². The van der Waals surface area contributed by atoms with Crippen LogP contribution in [0.2, 0.25) is 0 Å². The van der Waals surface area contributed by atoms with Crippen LogP contribution in [-0.2, 0) is 19.4 Å². The lowest BCUT2D eigenvalue weighted by atomic mass is 10.0. The Bertz CT molecular complexity index is 1450. The van der Waals surface area contributed by atoms with Gasteiger partial charge < -0.3 is 14.5 Å². The average molecular weight is 520 g/mol. The van der Waals surface area contributed by atoms with Gasteiger partial charge in [0, 0.05) is 49.9 Å². The molecule has 1 aromatic carbocycles. The fraction of sp³-hybridized carbons (Fsp3) is 0.280. The second-order valence-corrected chi connectivity index (χ2v) is 8.94. The van der Waals surface area contributed by atoms with Crippen LogP contribution in [0, 0.1) is 5.41 Å². The molecule has 2 aromatic heterocycles. The molecule has 2 N–H and O–H groups in total. The molecule has 37 heavy (non-hydrogen) atoms. The van der Waals surface area contributed by atoms with Gasteiger partial charge in [-0.15, -0.1) is 0 Å². The summed E-state index contributed by atoms with van der Waals surface area (Å²) in [7, 11) is 0. The fourth-order valence-electron chi connectivity index (χ4n) is 4.26. The summed E-state index contributed by atoms with van der Waals surface area (Å²) >= 11 is 3.07. The number of benzene rings is 1. The minimum absolute atomic E-state index is 0.153. The number of β-amino-alcohol motifs (C(OH)–C–C–N with tert-alkyl or cyclic N) is 1. The number of nitrogens with zero attached hydrogens (tertiary/aromatic N) is 7. The fourth-order valence-corrected chi connectivity index (χ4v) is 4.45. The maximum Gasteiger partial charge on any atom is 0.324 e. The van der Waals surface area contributed by atoms with E-state index in [1.165, 1.54) is 10.7 Å². The van der Waals surface area contributed by atoms with E-state index < -0.39 is 0 Å². The van der Waals surface area contributed by atoms with Crippen LogP contribution in [0.5, 0.6) is 0 Å². The van der Waals surface area contributed by atoms with Gasteiger partial charge >= 0.3 is 6.01 Å². The van der Waals surface area contributed by atoms with Crippen LogP contribution in [0.4, 0.5) is 6.01 Å². The summed E-state index contributed by atoms with van der Waals surface area (Å²) in [6.45, 7) is 4.24. The van der Waals surface area contributed by atoms with Crippen LogP contribution in [-0.4, -0.2) is 80.7 Å². The van der Waals surface area contributed by atoms with Gasteiger partial charge in [0.25, 0.3) is 5.56 Å². The number of hydrogen-bond acceptors (Lipinski definition) is 10. The average Bonchev–Trinajstić information content (AvgIpc) is 3.41. The van der Waals surface area contributed by atoms with E-state index in [9.17, 15) is 4.79 Å². The summed E-state index contributed by atoms with van der Waals surface area (Å²) < 4.78 is 10.8. The lowest BCUT2D eigenvalue weighted by molar-refractivity contribution is 0.186. The number of anilines is 1. The third-order valence-electron chi connectivity index (χ3n) is 6.27. The Hall–Kier alpha value is -3.87. The molecule has 0 radical (unpaired) electrons. The molecule has 3 aromatic rings. The predicted octanol–water partition coefficient (Wildman–Crippen LogP) is 0.796. The van der Waals surface area contributed by atoms with Crippen molar-refractivity contribution in [3.05, 3.63) is 76.2 Å². The van der Waals surface area contributed by atoms with Crippen molar-refractivity contribution < 1.29 is 9.63 Å². The highest BCUT2D eigenvalue weighted by Gasteiger charge is 2.21. The molecule has 1 aliphatic heterocycles. The largest absolute Gasteiger partial charge is 0.395 e. The SMILES string of the molecule is N=C1C=C(c2ccc(=O)n(Cc3cccc(-c4noc(N5CCN(CCO)CC5)n4)c3)n2)C=C/C1=N/[SH2+]. The van der Waals surface area contributed by atoms with Gasteiger partial charge in [-0.3, -0.25) is 15.1 Å². The molecule has 5 rings (SSSR count). The zero-order chi connectivity index (χ0) is 25.8. The van der Waals surface area contributed by atoms with Crippen molar-refractivity contribution in [2.24, 2.45) is 4.40 Å². The number of nitrogens with one attached hydrogen (secondary N) is 1. The summed E-state index contributed by atoms with van der Waals surface area (Å²) in [4.78, 5) is 21.4. The monoisotopic (exact) mass is 519 g/mol. The smallest absolute Gasteiger partial charge is 0.324 e. The van der Waals surface area contributed by atoms with Gasteiger partial charge in [0.1, 0.15) is 5.71 Å². The van der Waals surface area contributed by atoms with E-state index in [4.69, 9.17) is 15.0 Å². The Morgan fingerprint density at radius 3 is 2.73 bits per heavy atom. The first-order valence-electron chi connectivity index (χ1n) is 11.9. The second kappa shape index (κ2) is 11.0. The molecular formula is C25H27N8O3S+. The zero-order valence-electron chi connectivity index (χ0n) is 20.0. The quantitative estimate of drug-likeness (QED) is 0.345. The second-order valence-electron chi connectivity index (χ2n) is 8.71. The summed E-state index contributed by atoms with van der Waals surface area (Å²) in [5, 5.41) is 25.9. The number of aromatic nitrogens is 4. The highest BCUT2D eigenvalue weighted by molar-refractivity contribution is 7.57. The Morgan fingerprint density at radius 1 is 1.14 bits per heavy atom. The van der Waals surface area contributed by atoms with Gasteiger partial charge in [-0.05, 0) is 29.8 Å². The Labute approximate surface area is 218 Å². The number of hydrogen-bond donors (Lipinski definition) is 2. The third kappa shape index (κ3) is 5.61. The maximum absolute atomic E-state index is 12.6. The maximum atomic E-state index is 12.6. The number of aliphatic hydroxyl groups is 1. The van der Waals surface area contributed by atoms with E-state index in [0.717, 1.165) is 42.9 Å². The molecule has 0 spiro atoms. The van der Waals surface area contributed by atoms with E-state index in [1.807, 2.05) is 35.2 Å². The molecule has 0 unspecified atom stereocenters. The van der Waals surface area contributed by atoms with Gasteiger partial charge in [0.2, 0.25) is 5.82 Å². The first kappa shape index (κ1) is 24.8. The van der Waals surface area contributed by atoms with Gasteiger partial charge in [-0.2, -0.15) is 10.1 Å². The Morgan fingerprint density at radius 2 is 1.97 bits per heavy atom. The molecular weight excluding hydrogens is 492 g/mol. The number of piperazine rings is 1. The lowest BCUT2D eigenvalue weighted by Crippen LogP contribution is -2.47. The highest BCUT2D eigenvalue weighted by atomic mass is 32.1. The topological polar surface area (TPSA) is 137 Å². The number of rotatable bonds is 7. The minimum Gasteiger partial charge on any atom is -0.395 e. The first-order valence-corrected chi connectivity index (χ1v) is 12.3. The van der Waals surface area contributed by atoms with Crippen molar-refractivity contribution in [3.8, 4) is 11.4 Å². The van der Waals surface area contributed by atoms with Crippen LogP contribution in [0.25, 0.3) is 17.0 Å². The Balaban J connectivity index is 1.32. The van der Waals surface area contributed by atoms with Crippen LogP contribution in [0.15, 0.2) is 68.3 Å². The van der Waals surface area contributed by atoms with Gasteiger partial charge in [-0.1, -0.05) is 33.8 Å². The highest BCUT2D eigenvalue weighted by Crippen LogP contribution is 2.22. The van der Waals surface area contributed by atoms with Crippen molar-refractivity contribution in [3.63, 3.8) is 0 Å². The van der Waals surface area contributed by atoms with Gasteiger partial charge in [0.15, 0.2) is 0 Å². The van der Waals surface area contributed by atoms with Crippen LogP contribution in [0.3, 0.4) is 0 Å². The van der Waals surface area contributed by atoms with E-state index in [-0.39, 0.29) is 24.4 Å². The van der Waals surface area contributed by atoms with Gasteiger partial charge in [-0.25, -0.2) is 4.68 Å². The van der Waals surface area contributed by atoms with E-state index in [0.29, 0.717) is 29.8 Å².